The number of benzene rings is 1. The van der Waals surface area contributed by atoms with Crippen LogP contribution in [0, 0.1) is 12.3 Å². The minimum absolute atomic E-state index is 0.309. The molecule has 2 rings (SSSR count). The molecule has 0 aromatic heterocycles. The molecule has 1 aromatic rings. The Kier molecular flexibility index (Phi) is 4.25. The third kappa shape index (κ3) is 3.47. The minimum atomic E-state index is 0.309. The SMILES string of the molecule is Cc1cccc(OCCN2CCC(C)(CN)C2)c1. The molecule has 0 amide bonds. The Labute approximate surface area is 110 Å². The van der Waals surface area contributed by atoms with Gasteiger partial charge in [0.1, 0.15) is 12.4 Å². The van der Waals surface area contributed by atoms with Crippen molar-refractivity contribution in [3.63, 3.8) is 0 Å². The number of ether oxygens (including phenoxy) is 1. The van der Waals surface area contributed by atoms with Gasteiger partial charge in [-0.1, -0.05) is 19.1 Å². The molecule has 18 heavy (non-hydrogen) atoms. The van der Waals surface area contributed by atoms with Crippen LogP contribution in [0.25, 0.3) is 0 Å². The molecule has 1 fully saturated rings. The highest BCUT2D eigenvalue weighted by Gasteiger charge is 2.31. The van der Waals surface area contributed by atoms with Crippen molar-refractivity contribution in [2.24, 2.45) is 11.1 Å². The van der Waals surface area contributed by atoms with Crippen LogP contribution in [0.3, 0.4) is 0 Å². The third-order valence-electron chi connectivity index (χ3n) is 3.80. The van der Waals surface area contributed by atoms with Crippen molar-refractivity contribution < 1.29 is 4.74 Å². The van der Waals surface area contributed by atoms with Gasteiger partial charge in [-0.15, -0.1) is 0 Å². The first-order valence-corrected chi connectivity index (χ1v) is 6.73. The van der Waals surface area contributed by atoms with E-state index in [1.807, 2.05) is 12.1 Å². The number of hydrogen-bond donors (Lipinski definition) is 1. The average molecular weight is 248 g/mol. The van der Waals surface area contributed by atoms with Crippen molar-refractivity contribution in [1.29, 1.82) is 0 Å². The Morgan fingerprint density at radius 3 is 2.94 bits per heavy atom. The fourth-order valence-corrected chi connectivity index (χ4v) is 2.48. The van der Waals surface area contributed by atoms with Crippen molar-refractivity contribution >= 4 is 0 Å². The number of nitrogens with zero attached hydrogens (tertiary/aromatic N) is 1. The zero-order valence-electron chi connectivity index (χ0n) is 11.5. The topological polar surface area (TPSA) is 38.5 Å². The third-order valence-corrected chi connectivity index (χ3v) is 3.80. The molecule has 3 nitrogen and oxygen atoms in total. The lowest BCUT2D eigenvalue weighted by Gasteiger charge is -2.22. The summed E-state index contributed by atoms with van der Waals surface area (Å²) < 4.78 is 5.78. The molecular formula is C15H24N2O. The van der Waals surface area contributed by atoms with Crippen LogP contribution >= 0.6 is 0 Å². The van der Waals surface area contributed by atoms with Crippen molar-refractivity contribution in [2.75, 3.05) is 32.8 Å². The summed E-state index contributed by atoms with van der Waals surface area (Å²) in [5.41, 5.74) is 7.36. The summed E-state index contributed by atoms with van der Waals surface area (Å²) in [7, 11) is 0. The molecule has 0 bridgehead atoms. The molecule has 0 aliphatic carbocycles. The van der Waals surface area contributed by atoms with Gasteiger partial charge in [0.25, 0.3) is 0 Å². The summed E-state index contributed by atoms with van der Waals surface area (Å²) in [6.45, 7) is 9.12. The van der Waals surface area contributed by atoms with Crippen LogP contribution in [0.5, 0.6) is 5.75 Å². The summed E-state index contributed by atoms with van der Waals surface area (Å²) in [5, 5.41) is 0. The first kappa shape index (κ1) is 13.4. The number of likely N-dealkylation sites (tertiary alicyclic amines) is 1. The molecule has 0 spiro atoms. The van der Waals surface area contributed by atoms with E-state index in [-0.39, 0.29) is 0 Å². The Balaban J connectivity index is 1.73. The Morgan fingerprint density at radius 2 is 2.28 bits per heavy atom. The van der Waals surface area contributed by atoms with Gasteiger partial charge in [0.05, 0.1) is 0 Å². The van der Waals surface area contributed by atoms with Crippen molar-refractivity contribution in [1.82, 2.24) is 4.90 Å². The molecule has 1 atom stereocenters. The maximum absolute atomic E-state index is 5.81. The van der Waals surface area contributed by atoms with Crippen molar-refractivity contribution in [3.05, 3.63) is 29.8 Å². The molecule has 1 unspecified atom stereocenters. The molecule has 100 valence electrons. The van der Waals surface area contributed by atoms with E-state index in [9.17, 15) is 0 Å². The monoisotopic (exact) mass is 248 g/mol. The minimum Gasteiger partial charge on any atom is -0.492 e. The number of hydrogen-bond acceptors (Lipinski definition) is 3. The van der Waals surface area contributed by atoms with Gasteiger partial charge in [-0.2, -0.15) is 0 Å². The molecule has 1 aromatic carbocycles. The summed E-state index contributed by atoms with van der Waals surface area (Å²) in [6.07, 6.45) is 1.20. The lowest BCUT2D eigenvalue weighted by Crippen LogP contribution is -2.33. The average Bonchev–Trinajstić information content (AvgIpc) is 2.72. The standard InChI is InChI=1S/C15H24N2O/c1-13-4-3-5-14(10-13)18-9-8-17-7-6-15(2,11-16)12-17/h3-5,10H,6-9,11-12,16H2,1-2H3. The van der Waals surface area contributed by atoms with E-state index in [1.165, 1.54) is 12.0 Å². The fraction of sp³-hybridized carbons (Fsp3) is 0.600. The highest BCUT2D eigenvalue weighted by molar-refractivity contribution is 5.27. The van der Waals surface area contributed by atoms with Gasteiger partial charge in [0.15, 0.2) is 0 Å². The normalized spacial score (nSPS) is 24.4. The van der Waals surface area contributed by atoms with Crippen LogP contribution in [0.15, 0.2) is 24.3 Å². The summed E-state index contributed by atoms with van der Waals surface area (Å²) in [5.74, 6) is 0.968. The van der Waals surface area contributed by atoms with Gasteiger partial charge in [0, 0.05) is 13.1 Å². The second-order valence-corrected chi connectivity index (χ2v) is 5.71. The number of aryl methyl sites for hydroxylation is 1. The zero-order chi connectivity index (χ0) is 13.0. The fourth-order valence-electron chi connectivity index (χ4n) is 2.48. The summed E-state index contributed by atoms with van der Waals surface area (Å²) in [6, 6.07) is 8.21. The van der Waals surface area contributed by atoms with E-state index in [1.54, 1.807) is 0 Å². The number of nitrogens with two attached hydrogens (primary N) is 1. The van der Waals surface area contributed by atoms with E-state index < -0.39 is 0 Å². The van der Waals surface area contributed by atoms with E-state index >= 15 is 0 Å². The van der Waals surface area contributed by atoms with E-state index in [2.05, 4.69) is 30.9 Å². The van der Waals surface area contributed by atoms with E-state index in [0.717, 1.165) is 38.5 Å². The molecule has 3 heteroatoms. The van der Waals surface area contributed by atoms with Gasteiger partial charge >= 0.3 is 0 Å². The van der Waals surface area contributed by atoms with Crippen LogP contribution in [-0.4, -0.2) is 37.7 Å². The molecule has 1 saturated heterocycles. The highest BCUT2D eigenvalue weighted by atomic mass is 16.5. The Bertz CT molecular complexity index is 394. The van der Waals surface area contributed by atoms with Gasteiger partial charge in [-0.3, -0.25) is 4.90 Å². The molecular weight excluding hydrogens is 224 g/mol. The summed E-state index contributed by atoms with van der Waals surface area (Å²) >= 11 is 0. The van der Waals surface area contributed by atoms with Gasteiger partial charge in [-0.25, -0.2) is 0 Å². The lowest BCUT2D eigenvalue weighted by molar-refractivity contribution is 0.219. The molecule has 2 N–H and O–H groups in total. The van der Waals surface area contributed by atoms with Crippen molar-refractivity contribution in [3.8, 4) is 5.75 Å². The van der Waals surface area contributed by atoms with Gasteiger partial charge < -0.3 is 10.5 Å². The second kappa shape index (κ2) is 5.72. The van der Waals surface area contributed by atoms with Crippen LogP contribution in [0.2, 0.25) is 0 Å². The van der Waals surface area contributed by atoms with Crippen molar-refractivity contribution in [2.45, 2.75) is 20.3 Å². The quantitative estimate of drug-likeness (QED) is 0.866. The van der Waals surface area contributed by atoms with Crippen LogP contribution < -0.4 is 10.5 Å². The van der Waals surface area contributed by atoms with Gasteiger partial charge in [-0.05, 0) is 49.5 Å². The Hall–Kier alpha value is -1.06. The van der Waals surface area contributed by atoms with Gasteiger partial charge in [0.2, 0.25) is 0 Å². The second-order valence-electron chi connectivity index (χ2n) is 5.71. The van der Waals surface area contributed by atoms with E-state index in [4.69, 9.17) is 10.5 Å². The molecule has 1 aliphatic rings. The predicted molar refractivity (Wildman–Crippen MR) is 74.9 cm³/mol. The van der Waals surface area contributed by atoms with Crippen LogP contribution in [0.4, 0.5) is 0 Å². The molecule has 1 aliphatic heterocycles. The van der Waals surface area contributed by atoms with Crippen LogP contribution in [-0.2, 0) is 0 Å². The van der Waals surface area contributed by atoms with E-state index in [0.29, 0.717) is 5.41 Å². The molecule has 1 heterocycles. The lowest BCUT2D eigenvalue weighted by atomic mass is 9.90. The molecule has 0 saturated carbocycles. The highest BCUT2D eigenvalue weighted by Crippen LogP contribution is 2.28. The van der Waals surface area contributed by atoms with Crippen LogP contribution in [0.1, 0.15) is 18.9 Å². The molecule has 0 radical (unpaired) electrons. The summed E-state index contributed by atoms with van der Waals surface area (Å²) in [4.78, 5) is 2.45. The largest absolute Gasteiger partial charge is 0.492 e. The zero-order valence-corrected chi connectivity index (χ0v) is 11.5. The Morgan fingerprint density at radius 1 is 1.44 bits per heavy atom. The maximum Gasteiger partial charge on any atom is 0.119 e. The number of rotatable bonds is 5. The first-order valence-electron chi connectivity index (χ1n) is 6.73. The maximum atomic E-state index is 5.81. The predicted octanol–water partition coefficient (Wildman–Crippen LogP) is 2.04. The first-order chi connectivity index (χ1) is 8.61. The smallest absolute Gasteiger partial charge is 0.119 e.